The summed E-state index contributed by atoms with van der Waals surface area (Å²) in [7, 11) is -3.61. The Hall–Kier alpha value is -1.29. The Labute approximate surface area is 144 Å². The first-order valence-electron chi connectivity index (χ1n) is 7.93. The van der Waals surface area contributed by atoms with E-state index in [0.29, 0.717) is 16.0 Å². The van der Waals surface area contributed by atoms with E-state index in [0.717, 1.165) is 23.3 Å². The van der Waals surface area contributed by atoms with Crippen LogP contribution in [-0.2, 0) is 15.6 Å². The molecular weight excluding hydrogens is 350 g/mol. The van der Waals surface area contributed by atoms with Crippen LogP contribution in [0.25, 0.3) is 0 Å². The Morgan fingerprint density at radius 2 is 2.17 bits per heavy atom. The zero-order valence-corrected chi connectivity index (χ0v) is 15.2. The maximum Gasteiger partial charge on any atom is 0.260 e. The van der Waals surface area contributed by atoms with Crippen LogP contribution in [0.1, 0.15) is 47.3 Å². The second kappa shape index (κ2) is 5.35. The summed E-state index contributed by atoms with van der Waals surface area (Å²) in [4.78, 5) is 5.27. The lowest BCUT2D eigenvalue weighted by atomic mass is 10.0. The molecule has 2 fully saturated rings. The molecule has 0 amide bonds. The average Bonchev–Trinajstić information content (AvgIpc) is 2.95. The first-order chi connectivity index (χ1) is 11.3. The van der Waals surface area contributed by atoms with Crippen LogP contribution in [0.3, 0.4) is 0 Å². The van der Waals surface area contributed by atoms with E-state index >= 15 is 0 Å². The topological polar surface area (TPSA) is 96.5 Å². The standard InChI is InChI=1S/C15H19N3O4S2/c1-9-7-12(23-10(9)2)24(20,21)18-6-5-15(19,8-18)14-16-13(17-22-14)11-3-4-11/h7,11,19H,3-6,8H2,1-2H3/t15-/m1/s1. The van der Waals surface area contributed by atoms with Crippen LogP contribution in [0.5, 0.6) is 0 Å². The van der Waals surface area contributed by atoms with E-state index in [1.807, 2.05) is 13.8 Å². The fourth-order valence-corrected chi connectivity index (χ4v) is 6.03. The van der Waals surface area contributed by atoms with Crippen molar-refractivity contribution in [3.63, 3.8) is 0 Å². The molecule has 1 saturated heterocycles. The van der Waals surface area contributed by atoms with Gasteiger partial charge in [-0.2, -0.15) is 9.29 Å². The van der Waals surface area contributed by atoms with Crippen LogP contribution in [0.15, 0.2) is 14.8 Å². The van der Waals surface area contributed by atoms with Gasteiger partial charge >= 0.3 is 0 Å². The van der Waals surface area contributed by atoms with Crippen LogP contribution in [0.2, 0.25) is 0 Å². The lowest BCUT2D eigenvalue weighted by Gasteiger charge is -2.19. The molecule has 0 spiro atoms. The molecule has 0 aromatic carbocycles. The van der Waals surface area contributed by atoms with E-state index in [4.69, 9.17) is 4.52 Å². The fourth-order valence-electron chi connectivity index (χ4n) is 2.86. The van der Waals surface area contributed by atoms with Gasteiger partial charge in [-0.3, -0.25) is 0 Å². The summed E-state index contributed by atoms with van der Waals surface area (Å²) in [5, 5.41) is 14.7. The maximum absolute atomic E-state index is 12.8. The molecule has 2 aliphatic rings. The Bertz CT molecular complexity index is 865. The number of rotatable bonds is 4. The summed E-state index contributed by atoms with van der Waals surface area (Å²) < 4.78 is 32.4. The molecule has 7 nitrogen and oxygen atoms in total. The van der Waals surface area contributed by atoms with E-state index in [-0.39, 0.29) is 25.4 Å². The summed E-state index contributed by atoms with van der Waals surface area (Å²) >= 11 is 1.26. The van der Waals surface area contributed by atoms with Crippen molar-refractivity contribution in [2.24, 2.45) is 0 Å². The molecule has 0 radical (unpaired) electrons. The SMILES string of the molecule is Cc1cc(S(=O)(=O)N2CC[C@](O)(c3nc(C4CC4)no3)C2)sc1C. The van der Waals surface area contributed by atoms with Gasteiger partial charge in [0.25, 0.3) is 15.9 Å². The van der Waals surface area contributed by atoms with Gasteiger partial charge in [0.05, 0.1) is 6.54 Å². The molecular formula is C15H19N3O4S2. The summed E-state index contributed by atoms with van der Waals surface area (Å²) in [5.74, 6) is 1.06. The summed E-state index contributed by atoms with van der Waals surface area (Å²) in [6.45, 7) is 3.97. The highest BCUT2D eigenvalue weighted by Crippen LogP contribution is 2.40. The van der Waals surface area contributed by atoms with E-state index in [1.165, 1.54) is 15.6 Å². The van der Waals surface area contributed by atoms with E-state index in [2.05, 4.69) is 10.1 Å². The van der Waals surface area contributed by atoms with Gasteiger partial charge in [-0.15, -0.1) is 11.3 Å². The molecule has 0 bridgehead atoms. The second-order valence-electron chi connectivity index (χ2n) is 6.66. The average molecular weight is 369 g/mol. The van der Waals surface area contributed by atoms with Crippen molar-refractivity contribution >= 4 is 21.4 Å². The van der Waals surface area contributed by atoms with Crippen LogP contribution < -0.4 is 0 Å². The highest BCUT2D eigenvalue weighted by atomic mass is 32.2. The molecule has 130 valence electrons. The molecule has 9 heteroatoms. The van der Waals surface area contributed by atoms with Crippen LogP contribution in [-0.4, -0.2) is 41.1 Å². The number of hydrogen-bond acceptors (Lipinski definition) is 7. The van der Waals surface area contributed by atoms with Gasteiger partial charge in [-0.05, 0) is 38.3 Å². The molecule has 1 atom stereocenters. The normalized spacial score (nSPS) is 25.5. The number of nitrogens with zero attached hydrogens (tertiary/aromatic N) is 3. The summed E-state index contributed by atoms with van der Waals surface area (Å²) in [6.07, 6.45) is 2.33. The van der Waals surface area contributed by atoms with Gasteiger partial charge in [0.1, 0.15) is 4.21 Å². The zero-order chi connectivity index (χ0) is 17.1. The molecule has 1 N–H and O–H groups in total. The van der Waals surface area contributed by atoms with Crippen molar-refractivity contribution < 1.29 is 18.0 Å². The number of aryl methyl sites for hydroxylation is 2. The number of thiophene rings is 1. The monoisotopic (exact) mass is 369 g/mol. The summed E-state index contributed by atoms with van der Waals surface area (Å²) in [6, 6.07) is 1.69. The largest absolute Gasteiger partial charge is 0.379 e. The van der Waals surface area contributed by atoms with Crippen LogP contribution in [0.4, 0.5) is 0 Å². The molecule has 1 aliphatic heterocycles. The summed E-state index contributed by atoms with van der Waals surface area (Å²) in [5.41, 5.74) is -0.451. The minimum Gasteiger partial charge on any atom is -0.379 e. The Morgan fingerprint density at radius 3 is 2.79 bits per heavy atom. The predicted octanol–water partition coefficient (Wildman–Crippen LogP) is 1.91. The van der Waals surface area contributed by atoms with Gasteiger partial charge in [0.2, 0.25) is 0 Å². The minimum absolute atomic E-state index is 0.0579. The molecule has 1 saturated carbocycles. The third-order valence-electron chi connectivity index (χ3n) is 4.73. The third kappa shape index (κ3) is 2.59. The molecule has 2 aromatic rings. The lowest BCUT2D eigenvalue weighted by molar-refractivity contribution is 0.0194. The van der Waals surface area contributed by atoms with Crippen molar-refractivity contribution in [1.82, 2.24) is 14.4 Å². The molecule has 24 heavy (non-hydrogen) atoms. The van der Waals surface area contributed by atoms with Crippen LogP contribution in [0, 0.1) is 13.8 Å². The third-order valence-corrected chi connectivity index (χ3v) is 8.18. The van der Waals surface area contributed by atoms with Crippen molar-refractivity contribution in [1.29, 1.82) is 0 Å². The lowest BCUT2D eigenvalue weighted by Crippen LogP contribution is -2.34. The number of aromatic nitrogens is 2. The van der Waals surface area contributed by atoms with Gasteiger partial charge in [-0.1, -0.05) is 5.16 Å². The van der Waals surface area contributed by atoms with Crippen molar-refractivity contribution in [2.45, 2.75) is 48.8 Å². The van der Waals surface area contributed by atoms with Crippen molar-refractivity contribution in [3.05, 3.63) is 28.2 Å². The maximum atomic E-state index is 12.8. The minimum atomic E-state index is -3.61. The van der Waals surface area contributed by atoms with E-state index in [9.17, 15) is 13.5 Å². The molecule has 3 heterocycles. The first-order valence-corrected chi connectivity index (χ1v) is 10.2. The van der Waals surface area contributed by atoms with Gasteiger partial charge in [0.15, 0.2) is 11.4 Å². The highest BCUT2D eigenvalue weighted by Gasteiger charge is 2.47. The highest BCUT2D eigenvalue weighted by molar-refractivity contribution is 7.91. The molecule has 2 aromatic heterocycles. The van der Waals surface area contributed by atoms with Gasteiger partial charge in [-0.25, -0.2) is 8.42 Å². The Kier molecular flexibility index (Phi) is 3.61. The van der Waals surface area contributed by atoms with Gasteiger partial charge in [0, 0.05) is 23.8 Å². The molecule has 0 unspecified atom stereocenters. The van der Waals surface area contributed by atoms with Crippen molar-refractivity contribution in [3.8, 4) is 0 Å². The number of β-amino-alcohol motifs (C(OH)–C–C–N with tert-alkyl or cyclic N) is 1. The zero-order valence-electron chi connectivity index (χ0n) is 13.5. The smallest absolute Gasteiger partial charge is 0.260 e. The van der Waals surface area contributed by atoms with E-state index < -0.39 is 15.6 Å². The quantitative estimate of drug-likeness (QED) is 0.884. The first kappa shape index (κ1) is 16.2. The Balaban J connectivity index is 1.58. The molecule has 1 aliphatic carbocycles. The second-order valence-corrected chi connectivity index (χ2v) is 10.1. The Morgan fingerprint density at radius 1 is 1.42 bits per heavy atom. The predicted molar refractivity (Wildman–Crippen MR) is 87.3 cm³/mol. The van der Waals surface area contributed by atoms with Crippen molar-refractivity contribution in [2.75, 3.05) is 13.1 Å². The van der Waals surface area contributed by atoms with Gasteiger partial charge < -0.3 is 9.63 Å². The number of hydrogen-bond donors (Lipinski definition) is 1. The number of sulfonamides is 1. The van der Waals surface area contributed by atoms with E-state index in [1.54, 1.807) is 6.07 Å². The number of aliphatic hydroxyl groups is 1. The van der Waals surface area contributed by atoms with Crippen LogP contribution >= 0.6 is 11.3 Å². The fraction of sp³-hybridized carbons (Fsp3) is 0.600. The molecule has 4 rings (SSSR count).